The largest absolute Gasteiger partial charge is 0.507 e. The Kier molecular flexibility index (Phi) is 6.37. The number of amides is 1. The van der Waals surface area contributed by atoms with E-state index in [4.69, 9.17) is 15.2 Å². The number of likely N-dealkylation sites (N-methyl/N-ethyl adjacent to an activating group) is 1. The summed E-state index contributed by atoms with van der Waals surface area (Å²) in [6, 6.07) is -0.496. The van der Waals surface area contributed by atoms with Crippen molar-refractivity contribution in [3.63, 3.8) is 0 Å². The van der Waals surface area contributed by atoms with Gasteiger partial charge in [0.05, 0.1) is 44.1 Å². The Morgan fingerprint density at radius 2 is 1.74 bits per heavy atom. The van der Waals surface area contributed by atoms with Crippen molar-refractivity contribution in [1.29, 1.82) is 0 Å². The molecule has 4 atom stereocenters. The summed E-state index contributed by atoms with van der Waals surface area (Å²) in [6.45, 7) is 5.08. The first-order chi connectivity index (χ1) is 18.4. The van der Waals surface area contributed by atoms with Crippen LogP contribution in [0.1, 0.15) is 52.4 Å². The maximum atomic E-state index is 12.5. The number of benzene rings is 2. The van der Waals surface area contributed by atoms with Gasteiger partial charge in [-0.05, 0) is 38.3 Å². The second-order valence-electron chi connectivity index (χ2n) is 10.6. The Balaban J connectivity index is 1.76. The highest BCUT2D eigenvalue weighted by Crippen LogP contribution is 2.57. The molecule has 0 aliphatic carbocycles. The van der Waals surface area contributed by atoms with Gasteiger partial charge < -0.3 is 50.8 Å². The highest BCUT2D eigenvalue weighted by atomic mass is 16.5. The van der Waals surface area contributed by atoms with Crippen LogP contribution in [0, 0.1) is 13.8 Å². The number of nitrogens with one attached hydrogen (secondary N) is 1. The molecule has 2 bridgehead atoms. The Morgan fingerprint density at radius 3 is 2.36 bits per heavy atom. The summed E-state index contributed by atoms with van der Waals surface area (Å²) < 4.78 is 10.9. The molecule has 2 aromatic carbocycles. The summed E-state index contributed by atoms with van der Waals surface area (Å²) in [5.74, 6) is -0.0417. The van der Waals surface area contributed by atoms with Crippen molar-refractivity contribution in [1.82, 2.24) is 15.1 Å². The van der Waals surface area contributed by atoms with Crippen molar-refractivity contribution in [2.24, 2.45) is 5.73 Å². The van der Waals surface area contributed by atoms with Crippen molar-refractivity contribution in [3.05, 3.63) is 51.0 Å². The molecular formula is C28H36N4O7. The van der Waals surface area contributed by atoms with Gasteiger partial charge in [-0.15, -0.1) is 0 Å². The zero-order valence-electron chi connectivity index (χ0n) is 23.0. The molecule has 0 radical (unpaired) electrons. The molecular weight excluding hydrogens is 504 g/mol. The van der Waals surface area contributed by atoms with E-state index in [1.807, 2.05) is 24.9 Å². The van der Waals surface area contributed by atoms with Gasteiger partial charge in [0.15, 0.2) is 23.0 Å². The molecule has 3 aliphatic heterocycles. The molecule has 210 valence electrons. The van der Waals surface area contributed by atoms with Crippen LogP contribution in [0.5, 0.6) is 28.7 Å². The fourth-order valence-corrected chi connectivity index (χ4v) is 6.63. The van der Waals surface area contributed by atoms with Crippen molar-refractivity contribution in [2.75, 3.05) is 27.8 Å². The molecule has 0 spiro atoms. The maximum absolute atomic E-state index is 12.5. The number of aryl methyl sites for hydroxylation is 1. The highest BCUT2D eigenvalue weighted by Gasteiger charge is 2.52. The lowest BCUT2D eigenvalue weighted by Crippen LogP contribution is -2.58. The van der Waals surface area contributed by atoms with E-state index in [-0.39, 0.29) is 41.8 Å². The number of nitrogens with zero attached hydrogens (tertiary/aromatic N) is 2. The van der Waals surface area contributed by atoms with Gasteiger partial charge in [-0.25, -0.2) is 0 Å². The SMILES string of the molecule is COc1c(C)cc2c(c1O)[C@@H]1C3Cc4c(O)c(C)c(OC)c(O)c4[C@H](CNC(=O)[C@H](C)N)N3C(O)=C(C2)N1C. The number of carbonyl (C=O) groups excluding carboxylic acids is 1. The lowest BCUT2D eigenvalue weighted by Gasteiger charge is -2.55. The number of phenolic OH excluding ortho intramolecular Hbond substituents is 3. The third-order valence-corrected chi connectivity index (χ3v) is 8.44. The zero-order valence-corrected chi connectivity index (χ0v) is 23.0. The number of methoxy groups -OCH3 is 2. The van der Waals surface area contributed by atoms with Gasteiger partial charge in [0.2, 0.25) is 11.8 Å². The number of ether oxygens (including phenoxy) is 2. The molecule has 11 heteroatoms. The molecule has 5 rings (SSSR count). The minimum atomic E-state index is -0.774. The predicted octanol–water partition coefficient (Wildman–Crippen LogP) is 2.14. The molecule has 3 aliphatic rings. The van der Waals surface area contributed by atoms with Crippen molar-refractivity contribution in [2.45, 2.75) is 57.8 Å². The number of allylic oxidation sites excluding steroid dienone is 1. The summed E-state index contributed by atoms with van der Waals surface area (Å²) >= 11 is 0. The molecule has 0 aromatic heterocycles. The number of fused-ring (bicyclic) bond motifs is 7. The molecule has 11 nitrogen and oxygen atoms in total. The van der Waals surface area contributed by atoms with Gasteiger partial charge in [0.1, 0.15) is 5.75 Å². The van der Waals surface area contributed by atoms with Crippen LogP contribution in [0.4, 0.5) is 0 Å². The van der Waals surface area contributed by atoms with E-state index in [1.54, 1.807) is 18.7 Å². The van der Waals surface area contributed by atoms with Crippen LogP contribution in [0.3, 0.4) is 0 Å². The second kappa shape index (κ2) is 9.33. The first-order valence-electron chi connectivity index (χ1n) is 12.9. The van der Waals surface area contributed by atoms with Crippen LogP contribution in [-0.2, 0) is 17.6 Å². The second-order valence-corrected chi connectivity index (χ2v) is 10.6. The first kappa shape index (κ1) is 26.6. The van der Waals surface area contributed by atoms with Gasteiger partial charge in [0, 0.05) is 42.3 Å². The number of aliphatic hydroxyl groups is 1. The van der Waals surface area contributed by atoms with E-state index in [0.29, 0.717) is 40.1 Å². The van der Waals surface area contributed by atoms with Gasteiger partial charge in [-0.1, -0.05) is 6.07 Å². The molecule has 1 amide bonds. The molecule has 7 N–H and O–H groups in total. The molecule has 2 aromatic rings. The van der Waals surface area contributed by atoms with Gasteiger partial charge in [0.25, 0.3) is 0 Å². The van der Waals surface area contributed by atoms with E-state index < -0.39 is 30.1 Å². The molecule has 3 heterocycles. The quantitative estimate of drug-likeness (QED) is 0.310. The van der Waals surface area contributed by atoms with E-state index in [0.717, 1.165) is 11.1 Å². The number of aromatic hydroxyl groups is 3. The summed E-state index contributed by atoms with van der Waals surface area (Å²) in [7, 11) is 4.78. The Morgan fingerprint density at radius 1 is 1.10 bits per heavy atom. The summed E-state index contributed by atoms with van der Waals surface area (Å²) in [6.07, 6.45) is 0.592. The summed E-state index contributed by atoms with van der Waals surface area (Å²) in [5.41, 5.74) is 10.00. The number of rotatable bonds is 5. The number of carbonyl (C=O) groups is 1. The van der Waals surface area contributed by atoms with Gasteiger partial charge >= 0.3 is 0 Å². The van der Waals surface area contributed by atoms with Crippen LogP contribution in [0.2, 0.25) is 0 Å². The van der Waals surface area contributed by atoms with Crippen LogP contribution in [-0.4, -0.2) is 76.0 Å². The zero-order chi connectivity index (χ0) is 28.5. The molecule has 1 unspecified atom stereocenters. The van der Waals surface area contributed by atoms with E-state index in [1.165, 1.54) is 14.2 Å². The fraction of sp³-hybridized carbons (Fsp3) is 0.464. The number of nitrogens with two attached hydrogens (primary N) is 1. The van der Waals surface area contributed by atoms with E-state index in [9.17, 15) is 25.2 Å². The first-order valence-corrected chi connectivity index (χ1v) is 12.9. The monoisotopic (exact) mass is 540 g/mol. The predicted molar refractivity (Wildman–Crippen MR) is 143 cm³/mol. The highest BCUT2D eigenvalue weighted by molar-refractivity contribution is 5.81. The average Bonchev–Trinajstić information content (AvgIpc) is 2.88. The summed E-state index contributed by atoms with van der Waals surface area (Å²) in [5, 5.41) is 48.6. The lowest BCUT2D eigenvalue weighted by molar-refractivity contribution is -0.122. The minimum absolute atomic E-state index is 0.00138. The van der Waals surface area contributed by atoms with Crippen molar-refractivity contribution < 1.29 is 34.7 Å². The molecule has 0 saturated carbocycles. The Hall–Kier alpha value is -3.99. The summed E-state index contributed by atoms with van der Waals surface area (Å²) in [4.78, 5) is 16.2. The Labute approximate surface area is 227 Å². The molecule has 39 heavy (non-hydrogen) atoms. The molecule has 0 saturated heterocycles. The fourth-order valence-electron chi connectivity index (χ4n) is 6.63. The van der Waals surface area contributed by atoms with Crippen LogP contribution in [0.25, 0.3) is 0 Å². The number of hydrogen-bond donors (Lipinski definition) is 6. The average molecular weight is 541 g/mol. The third kappa shape index (κ3) is 3.70. The molecule has 0 fully saturated rings. The number of aliphatic hydroxyl groups excluding tert-OH is 1. The standard InChI is InChI=1S/C28H36N4O7/c1-11-7-14-8-17-28(37)32-16(21(31(17)4)19(14)23(34)25(11)38-5)9-15-20(18(32)10-30-27(36)13(3)29)24(35)26(39-6)12(2)22(15)33/h7,13,16,18,21,33-35,37H,8-10,29H2,1-6H3,(H,30,36)/t13-,16?,18-,21-/m0/s1. The van der Waals surface area contributed by atoms with Crippen LogP contribution in [0.15, 0.2) is 17.6 Å². The van der Waals surface area contributed by atoms with E-state index in [2.05, 4.69) is 5.32 Å². The smallest absolute Gasteiger partial charge is 0.236 e. The lowest BCUT2D eigenvalue weighted by atomic mass is 9.75. The van der Waals surface area contributed by atoms with Crippen molar-refractivity contribution >= 4 is 5.91 Å². The third-order valence-electron chi connectivity index (χ3n) is 8.44. The van der Waals surface area contributed by atoms with Crippen LogP contribution < -0.4 is 20.5 Å². The number of phenols is 3. The van der Waals surface area contributed by atoms with Crippen LogP contribution >= 0.6 is 0 Å². The minimum Gasteiger partial charge on any atom is -0.507 e. The van der Waals surface area contributed by atoms with Gasteiger partial charge in [-0.2, -0.15) is 0 Å². The normalized spacial score (nSPS) is 22.1. The van der Waals surface area contributed by atoms with E-state index >= 15 is 0 Å². The topological polar surface area (TPSA) is 161 Å². The Bertz CT molecular complexity index is 1400. The number of hydrogen-bond acceptors (Lipinski definition) is 10. The van der Waals surface area contributed by atoms with Crippen molar-refractivity contribution in [3.8, 4) is 28.7 Å². The van der Waals surface area contributed by atoms with Gasteiger partial charge in [-0.3, -0.25) is 4.79 Å². The maximum Gasteiger partial charge on any atom is 0.236 e.